The van der Waals surface area contributed by atoms with Crippen molar-refractivity contribution in [3.8, 4) is 17.1 Å². The number of aliphatic hydroxyl groups excluding tert-OH is 1. The van der Waals surface area contributed by atoms with Gasteiger partial charge in [0, 0.05) is 33.1 Å². The lowest BCUT2D eigenvalue weighted by molar-refractivity contribution is 0.181. The van der Waals surface area contributed by atoms with E-state index in [1.807, 2.05) is 36.4 Å². The number of fused-ring (bicyclic) bond motifs is 3. The fourth-order valence-electron chi connectivity index (χ4n) is 3.82. The van der Waals surface area contributed by atoms with Gasteiger partial charge in [0.25, 0.3) is 0 Å². The number of aromatic nitrogens is 4. The Bertz CT molecular complexity index is 1270. The fourth-order valence-corrected chi connectivity index (χ4v) is 4.54. The van der Waals surface area contributed by atoms with Crippen molar-refractivity contribution in [3.05, 3.63) is 72.8 Å². The summed E-state index contributed by atoms with van der Waals surface area (Å²) < 4.78 is 7.38. The molecule has 6 nitrogen and oxygen atoms in total. The number of hydrogen-bond acceptors (Lipinski definition) is 5. The van der Waals surface area contributed by atoms with Crippen molar-refractivity contribution in [2.75, 3.05) is 12.9 Å². The van der Waals surface area contributed by atoms with Gasteiger partial charge >= 0.3 is 0 Å². The maximum absolute atomic E-state index is 10.8. The molecule has 1 unspecified atom stereocenters. The number of H-pyrrole nitrogens is 1. The molecule has 0 amide bonds. The normalized spacial score (nSPS) is 12.5. The molecule has 0 aliphatic carbocycles. The van der Waals surface area contributed by atoms with Gasteiger partial charge in [-0.05, 0) is 36.4 Å². The number of para-hydroxylation sites is 2. The van der Waals surface area contributed by atoms with Crippen LogP contribution < -0.4 is 4.74 Å². The minimum Gasteiger partial charge on any atom is -0.497 e. The van der Waals surface area contributed by atoms with E-state index in [1.54, 1.807) is 7.11 Å². The quantitative estimate of drug-likeness (QED) is 0.365. The Morgan fingerprint density at radius 3 is 2.26 bits per heavy atom. The molecule has 5 rings (SSSR count). The second-order valence-electron chi connectivity index (χ2n) is 7.30. The largest absolute Gasteiger partial charge is 0.497 e. The Labute approximate surface area is 183 Å². The summed E-state index contributed by atoms with van der Waals surface area (Å²) in [5.41, 5.74) is 3.20. The first kappa shape index (κ1) is 19.7. The number of ether oxygens (including phenoxy) is 1. The average molecular weight is 431 g/mol. The van der Waals surface area contributed by atoms with Gasteiger partial charge in [0.1, 0.15) is 5.75 Å². The third-order valence-corrected chi connectivity index (χ3v) is 6.30. The molecule has 0 spiro atoms. The van der Waals surface area contributed by atoms with Crippen LogP contribution in [0.15, 0.2) is 78.0 Å². The van der Waals surface area contributed by atoms with E-state index < -0.39 is 6.10 Å². The van der Waals surface area contributed by atoms with Gasteiger partial charge in [-0.3, -0.25) is 5.10 Å². The highest BCUT2D eigenvalue weighted by Crippen LogP contribution is 2.29. The van der Waals surface area contributed by atoms with Gasteiger partial charge in [0.05, 0.1) is 19.8 Å². The second kappa shape index (κ2) is 8.45. The number of thioether (sulfide) groups is 1. The first-order valence-electron chi connectivity index (χ1n) is 10.1. The van der Waals surface area contributed by atoms with Gasteiger partial charge in [-0.25, -0.2) is 4.98 Å². The maximum Gasteiger partial charge on any atom is 0.208 e. The van der Waals surface area contributed by atoms with Gasteiger partial charge in [-0.1, -0.05) is 48.2 Å². The second-order valence-corrected chi connectivity index (χ2v) is 8.29. The molecule has 156 valence electrons. The minimum absolute atomic E-state index is 0.501. The van der Waals surface area contributed by atoms with Gasteiger partial charge in [-0.15, -0.1) is 5.10 Å². The molecule has 0 saturated heterocycles. The predicted octanol–water partition coefficient (Wildman–Crippen LogP) is 4.74. The van der Waals surface area contributed by atoms with Crippen molar-refractivity contribution in [1.29, 1.82) is 0 Å². The topological polar surface area (TPSA) is 76.0 Å². The third kappa shape index (κ3) is 3.89. The molecule has 2 heterocycles. The molecule has 0 bridgehead atoms. The van der Waals surface area contributed by atoms with Gasteiger partial charge in [-0.2, -0.15) is 0 Å². The highest BCUT2D eigenvalue weighted by molar-refractivity contribution is 7.99. The van der Waals surface area contributed by atoms with E-state index in [9.17, 15) is 5.11 Å². The number of nitrogens with zero attached hydrogens (tertiary/aromatic N) is 3. The summed E-state index contributed by atoms with van der Waals surface area (Å²) in [6, 6.07) is 24.3. The molecule has 2 N–H and O–H groups in total. The minimum atomic E-state index is -0.535. The molecule has 3 aromatic carbocycles. The summed E-state index contributed by atoms with van der Waals surface area (Å²) in [6.07, 6.45) is -0.535. The maximum atomic E-state index is 10.8. The molecular weight excluding hydrogens is 408 g/mol. The standard InChI is InChI=1S/C24H22N4O2S/c1-30-18-12-10-16(11-13-18)23-25-24(27-26-23)31-15-17(29)14-28-21-8-4-2-6-19(21)20-7-3-5-9-22(20)28/h2-13,17,29H,14-15H2,1H3,(H,25,26,27). The molecule has 0 aliphatic rings. The SMILES string of the molecule is COc1ccc(-c2nc(SCC(O)Cn3c4ccccc4c4ccccc43)n[nH]2)cc1. The summed E-state index contributed by atoms with van der Waals surface area (Å²) in [4.78, 5) is 4.54. The highest BCUT2D eigenvalue weighted by atomic mass is 32.2. The summed E-state index contributed by atoms with van der Waals surface area (Å²) in [6.45, 7) is 0.511. The Kier molecular flexibility index (Phi) is 5.36. The van der Waals surface area contributed by atoms with E-state index in [2.05, 4.69) is 56.1 Å². The van der Waals surface area contributed by atoms with Crippen molar-refractivity contribution in [2.24, 2.45) is 0 Å². The number of methoxy groups -OCH3 is 1. The summed E-state index contributed by atoms with van der Waals surface area (Å²) >= 11 is 1.44. The lowest BCUT2D eigenvalue weighted by Gasteiger charge is -2.13. The van der Waals surface area contributed by atoms with Crippen molar-refractivity contribution in [3.63, 3.8) is 0 Å². The Morgan fingerprint density at radius 1 is 0.968 bits per heavy atom. The molecule has 1 atom stereocenters. The molecule has 0 radical (unpaired) electrons. The zero-order valence-electron chi connectivity index (χ0n) is 17.0. The van der Waals surface area contributed by atoms with Gasteiger partial charge < -0.3 is 14.4 Å². The van der Waals surface area contributed by atoms with Crippen molar-refractivity contribution in [1.82, 2.24) is 19.7 Å². The van der Waals surface area contributed by atoms with Crippen molar-refractivity contribution in [2.45, 2.75) is 17.8 Å². The van der Waals surface area contributed by atoms with Crippen LogP contribution in [0.4, 0.5) is 0 Å². The van der Waals surface area contributed by atoms with E-state index in [1.165, 1.54) is 22.5 Å². The monoisotopic (exact) mass is 430 g/mol. The zero-order valence-corrected chi connectivity index (χ0v) is 17.8. The van der Waals surface area contributed by atoms with Gasteiger partial charge in [0.15, 0.2) is 5.82 Å². The van der Waals surface area contributed by atoms with Crippen LogP contribution >= 0.6 is 11.8 Å². The molecular formula is C24H22N4O2S. The number of hydrogen-bond donors (Lipinski definition) is 2. The number of aromatic amines is 1. The predicted molar refractivity (Wildman–Crippen MR) is 125 cm³/mol. The molecule has 0 fully saturated rings. The lowest BCUT2D eigenvalue weighted by Crippen LogP contribution is -2.18. The van der Waals surface area contributed by atoms with Crippen molar-refractivity contribution < 1.29 is 9.84 Å². The number of benzene rings is 3. The Hall–Kier alpha value is -3.29. The van der Waals surface area contributed by atoms with Crippen molar-refractivity contribution >= 4 is 33.6 Å². The first-order chi connectivity index (χ1) is 15.2. The highest BCUT2D eigenvalue weighted by Gasteiger charge is 2.15. The van der Waals surface area contributed by atoms with Crippen LogP contribution in [-0.2, 0) is 6.54 Å². The lowest BCUT2D eigenvalue weighted by atomic mass is 10.2. The van der Waals surface area contributed by atoms with E-state index >= 15 is 0 Å². The van der Waals surface area contributed by atoms with Crippen LogP contribution in [0.3, 0.4) is 0 Å². The fraction of sp³-hybridized carbons (Fsp3) is 0.167. The zero-order chi connectivity index (χ0) is 21.2. The molecule has 31 heavy (non-hydrogen) atoms. The summed E-state index contributed by atoms with van der Waals surface area (Å²) in [5.74, 6) is 1.99. The average Bonchev–Trinajstić information content (AvgIpc) is 3.42. The molecule has 2 aromatic heterocycles. The first-order valence-corrected chi connectivity index (χ1v) is 11.0. The number of nitrogens with one attached hydrogen (secondary N) is 1. The van der Waals surface area contributed by atoms with Crippen LogP contribution in [0, 0.1) is 0 Å². The number of aliphatic hydroxyl groups is 1. The van der Waals surface area contributed by atoms with Gasteiger partial charge in [0.2, 0.25) is 5.16 Å². The summed E-state index contributed by atoms with van der Waals surface area (Å²) in [5, 5.41) is 21.0. The molecule has 7 heteroatoms. The van der Waals surface area contributed by atoms with Crippen LogP contribution in [0.2, 0.25) is 0 Å². The van der Waals surface area contributed by atoms with Crippen LogP contribution in [-0.4, -0.2) is 43.8 Å². The Morgan fingerprint density at radius 2 is 1.61 bits per heavy atom. The van der Waals surface area contributed by atoms with E-state index in [4.69, 9.17) is 4.74 Å². The smallest absolute Gasteiger partial charge is 0.208 e. The van der Waals surface area contributed by atoms with E-state index in [0.29, 0.717) is 23.3 Å². The molecule has 0 aliphatic heterocycles. The van der Waals surface area contributed by atoms with Crippen LogP contribution in [0.5, 0.6) is 5.75 Å². The summed E-state index contributed by atoms with van der Waals surface area (Å²) in [7, 11) is 1.64. The molecule has 0 saturated carbocycles. The van der Waals surface area contributed by atoms with E-state index in [0.717, 1.165) is 22.3 Å². The number of rotatable bonds is 7. The van der Waals surface area contributed by atoms with Crippen LogP contribution in [0.25, 0.3) is 33.2 Å². The Balaban J connectivity index is 1.29. The van der Waals surface area contributed by atoms with Crippen LogP contribution in [0.1, 0.15) is 0 Å². The van der Waals surface area contributed by atoms with E-state index in [-0.39, 0.29) is 0 Å². The molecule has 5 aromatic rings. The third-order valence-electron chi connectivity index (χ3n) is 5.31.